The summed E-state index contributed by atoms with van der Waals surface area (Å²) in [5.74, 6) is 0.856. The maximum absolute atomic E-state index is 11.8. The first-order chi connectivity index (χ1) is 14.9. The Bertz CT molecular complexity index is 1140. The number of benzene rings is 2. The van der Waals surface area contributed by atoms with Gasteiger partial charge in [-0.2, -0.15) is 0 Å². The van der Waals surface area contributed by atoms with Crippen LogP contribution >= 0.6 is 0 Å². The Kier molecular flexibility index (Phi) is 6.81. The number of non-ortho nitro benzene ring substituents is 1. The van der Waals surface area contributed by atoms with E-state index in [1.807, 2.05) is 19.1 Å². The van der Waals surface area contributed by atoms with E-state index in [-0.39, 0.29) is 18.2 Å². The van der Waals surface area contributed by atoms with Gasteiger partial charge < -0.3 is 14.4 Å². The number of hydrogen-bond acceptors (Lipinski definition) is 6. The third-order valence-corrected chi connectivity index (χ3v) is 4.48. The number of amides is 1. The van der Waals surface area contributed by atoms with Gasteiger partial charge in [0.05, 0.1) is 17.2 Å². The van der Waals surface area contributed by atoms with Crippen LogP contribution in [0.4, 0.5) is 5.69 Å². The average Bonchev–Trinajstić information content (AvgIpc) is 2.76. The lowest BCUT2D eigenvalue weighted by atomic mass is 10.1. The standard InChI is InChI=1S/C23H23N3O5/c1-4-30-21-14-16(9-13-20(21)31-15-22(27)25(2)3)8-11-18-12-10-17-6-5-7-19(26(28)29)23(17)24-18/h5-14H,4,15H2,1-3H3/b11-8+. The van der Waals surface area contributed by atoms with Gasteiger partial charge in [-0.15, -0.1) is 0 Å². The third-order valence-electron chi connectivity index (χ3n) is 4.48. The highest BCUT2D eigenvalue weighted by atomic mass is 16.6. The van der Waals surface area contributed by atoms with Gasteiger partial charge in [0.25, 0.3) is 11.6 Å². The number of hydrogen-bond donors (Lipinski definition) is 0. The van der Waals surface area contributed by atoms with Gasteiger partial charge in [0.1, 0.15) is 5.52 Å². The van der Waals surface area contributed by atoms with Crippen molar-refractivity contribution in [2.75, 3.05) is 27.3 Å². The Hall–Kier alpha value is -3.94. The minimum Gasteiger partial charge on any atom is -0.490 e. The van der Waals surface area contributed by atoms with Crippen LogP contribution in [0, 0.1) is 10.1 Å². The van der Waals surface area contributed by atoms with Crippen LogP contribution < -0.4 is 9.47 Å². The van der Waals surface area contributed by atoms with Gasteiger partial charge in [-0.05, 0) is 36.8 Å². The fraction of sp³-hybridized carbons (Fsp3) is 0.217. The minimum absolute atomic E-state index is 0.0276. The van der Waals surface area contributed by atoms with Crippen molar-refractivity contribution in [3.05, 3.63) is 69.9 Å². The first kappa shape index (κ1) is 21.8. The van der Waals surface area contributed by atoms with Gasteiger partial charge in [0.2, 0.25) is 0 Å². The van der Waals surface area contributed by atoms with Gasteiger partial charge in [0.15, 0.2) is 18.1 Å². The molecule has 0 bridgehead atoms. The van der Waals surface area contributed by atoms with Crippen LogP contribution in [-0.2, 0) is 4.79 Å². The number of nitro groups is 1. The molecule has 0 N–H and O–H groups in total. The zero-order valence-electron chi connectivity index (χ0n) is 17.6. The summed E-state index contributed by atoms with van der Waals surface area (Å²) >= 11 is 0. The lowest BCUT2D eigenvalue weighted by Gasteiger charge is -2.14. The Morgan fingerprint density at radius 3 is 2.61 bits per heavy atom. The molecule has 8 heteroatoms. The lowest BCUT2D eigenvalue weighted by Crippen LogP contribution is -2.27. The SMILES string of the molecule is CCOc1cc(/C=C/c2ccc3cccc([N+](=O)[O-])c3n2)ccc1OCC(=O)N(C)C. The molecular weight excluding hydrogens is 398 g/mol. The van der Waals surface area contributed by atoms with Gasteiger partial charge in [-0.3, -0.25) is 14.9 Å². The molecule has 0 atom stereocenters. The molecule has 1 amide bonds. The minimum atomic E-state index is -0.434. The molecule has 31 heavy (non-hydrogen) atoms. The summed E-state index contributed by atoms with van der Waals surface area (Å²) in [6.45, 7) is 2.23. The molecule has 3 rings (SSSR count). The number of ether oxygens (including phenoxy) is 2. The Balaban J connectivity index is 1.84. The number of carbonyl (C=O) groups excluding carboxylic acids is 1. The summed E-state index contributed by atoms with van der Waals surface area (Å²) in [4.78, 5) is 28.5. The molecule has 0 saturated carbocycles. The molecule has 1 aromatic heterocycles. The molecule has 0 aliphatic rings. The molecule has 0 fully saturated rings. The maximum atomic E-state index is 11.8. The van der Waals surface area contributed by atoms with E-state index < -0.39 is 4.92 Å². The first-order valence-corrected chi connectivity index (χ1v) is 9.71. The van der Waals surface area contributed by atoms with Crippen LogP contribution in [0.2, 0.25) is 0 Å². The number of para-hydroxylation sites is 1. The van der Waals surface area contributed by atoms with Crippen LogP contribution in [0.15, 0.2) is 48.5 Å². The van der Waals surface area contributed by atoms with Gasteiger partial charge in [0, 0.05) is 25.5 Å². The van der Waals surface area contributed by atoms with E-state index in [2.05, 4.69) is 4.98 Å². The second-order valence-corrected chi connectivity index (χ2v) is 6.89. The van der Waals surface area contributed by atoms with Crippen LogP contribution in [0.3, 0.4) is 0 Å². The summed E-state index contributed by atoms with van der Waals surface area (Å²) in [5, 5.41) is 12.0. The van der Waals surface area contributed by atoms with E-state index in [0.29, 0.717) is 34.7 Å². The molecule has 0 radical (unpaired) electrons. The average molecular weight is 421 g/mol. The smallest absolute Gasteiger partial charge is 0.295 e. The van der Waals surface area contributed by atoms with Crippen molar-refractivity contribution in [1.29, 1.82) is 0 Å². The Morgan fingerprint density at radius 2 is 1.90 bits per heavy atom. The highest BCUT2D eigenvalue weighted by molar-refractivity contribution is 5.88. The summed E-state index contributed by atoms with van der Waals surface area (Å²) in [5.41, 5.74) is 1.75. The predicted octanol–water partition coefficient (Wildman–Crippen LogP) is 4.18. The van der Waals surface area contributed by atoms with E-state index in [1.54, 1.807) is 56.6 Å². The molecule has 0 spiro atoms. The second-order valence-electron chi connectivity index (χ2n) is 6.89. The number of nitrogens with zero attached hydrogens (tertiary/aromatic N) is 3. The van der Waals surface area contributed by atoms with E-state index >= 15 is 0 Å². The maximum Gasteiger partial charge on any atom is 0.295 e. The van der Waals surface area contributed by atoms with Crippen molar-refractivity contribution in [1.82, 2.24) is 9.88 Å². The van der Waals surface area contributed by atoms with E-state index in [9.17, 15) is 14.9 Å². The zero-order valence-corrected chi connectivity index (χ0v) is 17.6. The first-order valence-electron chi connectivity index (χ1n) is 9.71. The number of carbonyl (C=O) groups is 1. The molecule has 0 aliphatic carbocycles. The molecule has 0 saturated heterocycles. The zero-order chi connectivity index (χ0) is 22.4. The fourth-order valence-corrected chi connectivity index (χ4v) is 2.85. The molecule has 2 aromatic carbocycles. The van der Waals surface area contributed by atoms with Crippen molar-refractivity contribution in [3.8, 4) is 11.5 Å². The second kappa shape index (κ2) is 9.71. The van der Waals surface area contributed by atoms with E-state index in [0.717, 1.165) is 5.56 Å². The highest BCUT2D eigenvalue weighted by Crippen LogP contribution is 2.29. The van der Waals surface area contributed by atoms with Crippen molar-refractivity contribution in [2.24, 2.45) is 0 Å². The molecule has 3 aromatic rings. The molecular formula is C23H23N3O5. The third kappa shape index (κ3) is 5.36. The molecule has 160 valence electrons. The monoisotopic (exact) mass is 421 g/mol. The van der Waals surface area contributed by atoms with Crippen LogP contribution in [0.25, 0.3) is 23.1 Å². The number of fused-ring (bicyclic) bond motifs is 1. The summed E-state index contributed by atoms with van der Waals surface area (Å²) in [6.07, 6.45) is 3.61. The highest BCUT2D eigenvalue weighted by Gasteiger charge is 2.13. The van der Waals surface area contributed by atoms with Crippen LogP contribution in [-0.4, -0.2) is 48.0 Å². The van der Waals surface area contributed by atoms with Gasteiger partial charge >= 0.3 is 0 Å². The van der Waals surface area contributed by atoms with Crippen molar-refractivity contribution in [3.63, 3.8) is 0 Å². The number of nitro benzene ring substituents is 1. The number of likely N-dealkylation sites (N-methyl/N-ethyl adjacent to an activating group) is 1. The van der Waals surface area contributed by atoms with Crippen LogP contribution in [0.5, 0.6) is 11.5 Å². The largest absolute Gasteiger partial charge is 0.490 e. The van der Waals surface area contributed by atoms with Crippen LogP contribution in [0.1, 0.15) is 18.2 Å². The van der Waals surface area contributed by atoms with E-state index in [1.165, 1.54) is 11.0 Å². The molecule has 0 aliphatic heterocycles. The Morgan fingerprint density at radius 1 is 1.10 bits per heavy atom. The summed E-state index contributed by atoms with van der Waals surface area (Å²) in [6, 6.07) is 13.9. The quantitative estimate of drug-likeness (QED) is 0.400. The summed E-state index contributed by atoms with van der Waals surface area (Å²) in [7, 11) is 3.33. The summed E-state index contributed by atoms with van der Waals surface area (Å²) < 4.78 is 11.2. The molecule has 8 nitrogen and oxygen atoms in total. The molecule has 0 unspecified atom stereocenters. The van der Waals surface area contributed by atoms with Crippen molar-refractivity contribution in [2.45, 2.75) is 6.92 Å². The topological polar surface area (TPSA) is 94.8 Å². The van der Waals surface area contributed by atoms with Crippen molar-refractivity contribution < 1.29 is 19.2 Å². The van der Waals surface area contributed by atoms with Gasteiger partial charge in [-0.25, -0.2) is 4.98 Å². The molecule has 1 heterocycles. The normalized spacial score (nSPS) is 10.9. The number of aromatic nitrogens is 1. The predicted molar refractivity (Wildman–Crippen MR) is 119 cm³/mol. The number of rotatable bonds is 8. The van der Waals surface area contributed by atoms with Crippen molar-refractivity contribution >= 4 is 34.6 Å². The van der Waals surface area contributed by atoms with Gasteiger partial charge in [-0.1, -0.05) is 30.3 Å². The van der Waals surface area contributed by atoms with E-state index in [4.69, 9.17) is 9.47 Å². The Labute approximate surface area is 179 Å². The fourth-order valence-electron chi connectivity index (χ4n) is 2.85. The number of pyridine rings is 1. The lowest BCUT2D eigenvalue weighted by molar-refractivity contribution is -0.383.